The predicted molar refractivity (Wildman–Crippen MR) is 86.0 cm³/mol. The zero-order valence-corrected chi connectivity index (χ0v) is 13.6. The van der Waals surface area contributed by atoms with Crippen molar-refractivity contribution < 1.29 is 23.9 Å². The Balaban J connectivity index is 1.93. The van der Waals surface area contributed by atoms with Crippen molar-refractivity contribution in [3.63, 3.8) is 0 Å². The van der Waals surface area contributed by atoms with Crippen LogP contribution in [0.4, 0.5) is 10.1 Å². The van der Waals surface area contributed by atoms with Crippen LogP contribution in [-0.2, 0) is 14.4 Å². The van der Waals surface area contributed by atoms with Gasteiger partial charge in [-0.3, -0.25) is 14.4 Å². The second kappa shape index (κ2) is 7.90. The van der Waals surface area contributed by atoms with Crippen LogP contribution in [0.15, 0.2) is 24.3 Å². The summed E-state index contributed by atoms with van der Waals surface area (Å²) in [6.45, 7) is 0.362. The van der Waals surface area contributed by atoms with Crippen LogP contribution < -0.4 is 4.90 Å². The fraction of sp³-hybridized carbons (Fsp3) is 0.471. The average molecular weight is 336 g/mol. The number of hydrogen-bond donors (Lipinski definition) is 1. The lowest BCUT2D eigenvalue weighted by Crippen LogP contribution is -2.43. The molecule has 1 aromatic rings. The highest BCUT2D eigenvalue weighted by Crippen LogP contribution is 2.26. The van der Waals surface area contributed by atoms with Gasteiger partial charge in [0.25, 0.3) is 0 Å². The highest BCUT2D eigenvalue weighted by molar-refractivity contribution is 6.01. The number of carbonyl (C=O) groups excluding carboxylic acids is 2. The van der Waals surface area contributed by atoms with Crippen molar-refractivity contribution in [3.8, 4) is 0 Å². The lowest BCUT2D eigenvalue weighted by molar-refractivity contribution is -0.138. The first-order valence-electron chi connectivity index (χ1n) is 7.95. The van der Waals surface area contributed by atoms with E-state index in [0.29, 0.717) is 25.8 Å². The molecule has 1 aromatic carbocycles. The summed E-state index contributed by atoms with van der Waals surface area (Å²) < 4.78 is 13.8. The normalized spacial score (nSPS) is 17.2. The van der Waals surface area contributed by atoms with Gasteiger partial charge >= 0.3 is 5.97 Å². The van der Waals surface area contributed by atoms with Crippen LogP contribution in [-0.4, -0.2) is 47.4 Å². The van der Waals surface area contributed by atoms with Gasteiger partial charge in [-0.05, 0) is 31.4 Å². The molecule has 2 rings (SSSR count). The molecular formula is C17H21FN2O4. The van der Waals surface area contributed by atoms with E-state index in [0.717, 1.165) is 0 Å². The molecule has 130 valence electrons. The third-order valence-corrected chi connectivity index (χ3v) is 4.21. The number of carboxylic acid groups (broad SMARTS) is 1. The molecule has 0 bridgehead atoms. The second-order valence-corrected chi connectivity index (χ2v) is 5.85. The molecule has 0 aliphatic carbocycles. The first kappa shape index (κ1) is 17.9. The molecule has 0 radical (unpaired) electrons. The summed E-state index contributed by atoms with van der Waals surface area (Å²) in [5.41, 5.74) is 0.229. The minimum absolute atomic E-state index is 0.0282. The van der Waals surface area contributed by atoms with Crippen molar-refractivity contribution in [1.82, 2.24) is 4.90 Å². The number of rotatable bonds is 7. The minimum Gasteiger partial charge on any atom is -0.481 e. The zero-order valence-electron chi connectivity index (χ0n) is 13.6. The van der Waals surface area contributed by atoms with Crippen LogP contribution in [0, 0.1) is 5.82 Å². The summed E-state index contributed by atoms with van der Waals surface area (Å²) in [6, 6.07) is 5.47. The Morgan fingerprint density at radius 1 is 1.29 bits per heavy atom. The first-order chi connectivity index (χ1) is 11.4. The highest BCUT2D eigenvalue weighted by atomic mass is 19.1. The Hall–Kier alpha value is -2.44. The Bertz CT molecular complexity index is 635. The molecule has 1 N–H and O–H groups in total. The number of aliphatic carboxylic acids is 1. The number of hydrogen-bond acceptors (Lipinski definition) is 3. The van der Waals surface area contributed by atoms with Crippen molar-refractivity contribution in [2.45, 2.75) is 38.1 Å². The zero-order chi connectivity index (χ0) is 17.7. The van der Waals surface area contributed by atoms with Crippen molar-refractivity contribution in [2.24, 2.45) is 0 Å². The van der Waals surface area contributed by atoms with E-state index in [1.165, 1.54) is 15.9 Å². The molecule has 0 aromatic heterocycles. The smallest absolute Gasteiger partial charge is 0.303 e. The van der Waals surface area contributed by atoms with Gasteiger partial charge in [-0.25, -0.2) is 4.39 Å². The number of likely N-dealkylation sites (N-methyl/N-ethyl adjacent to an activating group) is 1. The lowest BCUT2D eigenvalue weighted by atomic mass is 10.1. The maximum atomic E-state index is 13.8. The molecule has 1 aliphatic rings. The van der Waals surface area contributed by atoms with E-state index >= 15 is 0 Å². The molecule has 7 heteroatoms. The molecule has 1 aliphatic heterocycles. The van der Waals surface area contributed by atoms with E-state index in [1.807, 2.05) is 0 Å². The van der Waals surface area contributed by atoms with Crippen LogP contribution >= 0.6 is 0 Å². The number of benzene rings is 1. The Kier molecular flexibility index (Phi) is 5.89. The molecule has 0 saturated carbocycles. The topological polar surface area (TPSA) is 77.9 Å². The molecule has 6 nitrogen and oxygen atoms in total. The van der Waals surface area contributed by atoms with Crippen LogP contribution in [0.25, 0.3) is 0 Å². The molecule has 2 amide bonds. The summed E-state index contributed by atoms with van der Waals surface area (Å²) in [6.07, 6.45) is 1.57. The number of nitrogens with zero attached hydrogens (tertiary/aromatic N) is 2. The standard InChI is InChI=1S/C17H21FN2O4/c1-19(15(21)8-4-5-9-16(22)23)14-10-11-20(17(14)24)13-7-3-2-6-12(13)18/h2-3,6-7,14H,4-5,8-11H2,1H3,(H,22,23). The summed E-state index contributed by atoms with van der Waals surface area (Å²) in [7, 11) is 1.56. The molecule has 0 spiro atoms. The van der Waals surface area contributed by atoms with Gasteiger partial charge in [0, 0.05) is 26.4 Å². The van der Waals surface area contributed by atoms with Crippen LogP contribution in [0.5, 0.6) is 0 Å². The largest absolute Gasteiger partial charge is 0.481 e. The summed E-state index contributed by atoms with van der Waals surface area (Å²) >= 11 is 0. The van der Waals surface area contributed by atoms with Crippen molar-refractivity contribution in [2.75, 3.05) is 18.5 Å². The second-order valence-electron chi connectivity index (χ2n) is 5.85. The Labute approximate surface area is 139 Å². The van der Waals surface area contributed by atoms with Gasteiger partial charge in [-0.1, -0.05) is 12.1 Å². The number of para-hydroxylation sites is 1. The van der Waals surface area contributed by atoms with E-state index in [1.54, 1.807) is 25.2 Å². The van der Waals surface area contributed by atoms with Gasteiger partial charge in [0.05, 0.1) is 5.69 Å². The monoisotopic (exact) mass is 336 g/mol. The predicted octanol–water partition coefficient (Wildman–Crippen LogP) is 2.03. The Morgan fingerprint density at radius 2 is 1.96 bits per heavy atom. The van der Waals surface area contributed by atoms with Crippen LogP contribution in [0.3, 0.4) is 0 Å². The lowest BCUT2D eigenvalue weighted by Gasteiger charge is -2.24. The number of anilines is 1. The molecule has 1 unspecified atom stereocenters. The maximum absolute atomic E-state index is 13.8. The average Bonchev–Trinajstić information content (AvgIpc) is 2.92. The number of halogens is 1. The third kappa shape index (κ3) is 4.10. The van der Waals surface area contributed by atoms with Crippen molar-refractivity contribution >= 4 is 23.5 Å². The van der Waals surface area contributed by atoms with Gasteiger partial charge in [-0.2, -0.15) is 0 Å². The fourth-order valence-corrected chi connectivity index (χ4v) is 2.84. The molecule has 1 saturated heterocycles. The van der Waals surface area contributed by atoms with Crippen LogP contribution in [0.2, 0.25) is 0 Å². The quantitative estimate of drug-likeness (QED) is 0.773. The van der Waals surface area contributed by atoms with Gasteiger partial charge in [0.15, 0.2) is 0 Å². The van der Waals surface area contributed by atoms with E-state index in [-0.39, 0.29) is 30.3 Å². The summed E-state index contributed by atoms with van der Waals surface area (Å²) in [4.78, 5) is 37.9. The third-order valence-electron chi connectivity index (χ3n) is 4.21. The van der Waals surface area contributed by atoms with E-state index in [9.17, 15) is 18.8 Å². The highest BCUT2D eigenvalue weighted by Gasteiger charge is 2.37. The summed E-state index contributed by atoms with van der Waals surface area (Å²) in [5, 5.41) is 8.58. The first-order valence-corrected chi connectivity index (χ1v) is 7.95. The van der Waals surface area contributed by atoms with Crippen LogP contribution in [0.1, 0.15) is 32.1 Å². The summed E-state index contributed by atoms with van der Waals surface area (Å²) in [5.74, 6) is -1.84. The van der Waals surface area contributed by atoms with E-state index < -0.39 is 17.8 Å². The van der Waals surface area contributed by atoms with E-state index in [4.69, 9.17) is 5.11 Å². The van der Waals surface area contributed by atoms with Crippen molar-refractivity contribution in [3.05, 3.63) is 30.1 Å². The number of carboxylic acids is 1. The van der Waals surface area contributed by atoms with Gasteiger partial charge in [0.1, 0.15) is 11.9 Å². The number of carbonyl (C=O) groups is 3. The van der Waals surface area contributed by atoms with Gasteiger partial charge in [-0.15, -0.1) is 0 Å². The van der Waals surface area contributed by atoms with E-state index in [2.05, 4.69) is 0 Å². The van der Waals surface area contributed by atoms with Crippen molar-refractivity contribution in [1.29, 1.82) is 0 Å². The maximum Gasteiger partial charge on any atom is 0.303 e. The molecule has 1 atom stereocenters. The van der Waals surface area contributed by atoms with Gasteiger partial charge < -0.3 is 14.9 Å². The number of unbranched alkanes of at least 4 members (excludes halogenated alkanes) is 1. The minimum atomic E-state index is -0.887. The number of amides is 2. The molecule has 24 heavy (non-hydrogen) atoms. The molecular weight excluding hydrogens is 315 g/mol. The van der Waals surface area contributed by atoms with Gasteiger partial charge in [0.2, 0.25) is 11.8 Å². The Morgan fingerprint density at radius 3 is 2.62 bits per heavy atom. The molecule has 1 heterocycles. The molecule has 1 fully saturated rings. The SMILES string of the molecule is CN(C(=O)CCCCC(=O)O)C1CCN(c2ccccc2F)C1=O. The fourth-order valence-electron chi connectivity index (χ4n) is 2.84.